The number of rotatable bonds is 7. The van der Waals surface area contributed by atoms with Gasteiger partial charge < -0.3 is 20.0 Å². The highest BCUT2D eigenvalue weighted by Gasteiger charge is 2.20. The summed E-state index contributed by atoms with van der Waals surface area (Å²) < 4.78 is 5.46. The zero-order chi connectivity index (χ0) is 20.4. The SMILES string of the molecule is I.c1coc(CCNC(=NCC2CCN(c3ccncc3)CC2)NC2CCCCC2)c1. The van der Waals surface area contributed by atoms with Crippen molar-refractivity contribution in [3.05, 3.63) is 48.7 Å². The monoisotopic (exact) mass is 537 g/mol. The van der Waals surface area contributed by atoms with E-state index in [9.17, 15) is 0 Å². The first kappa shape index (κ1) is 23.9. The summed E-state index contributed by atoms with van der Waals surface area (Å²) in [6, 6.07) is 8.75. The number of nitrogens with zero attached hydrogens (tertiary/aromatic N) is 3. The molecule has 0 bridgehead atoms. The molecule has 1 aliphatic carbocycles. The molecule has 2 aliphatic rings. The molecule has 0 aromatic carbocycles. The number of guanidine groups is 1. The van der Waals surface area contributed by atoms with Crippen molar-refractivity contribution in [2.75, 3.05) is 31.1 Å². The maximum absolute atomic E-state index is 5.46. The number of furan rings is 1. The van der Waals surface area contributed by atoms with Crippen molar-refractivity contribution >= 4 is 35.6 Å². The van der Waals surface area contributed by atoms with Crippen LogP contribution >= 0.6 is 24.0 Å². The van der Waals surface area contributed by atoms with Crippen LogP contribution in [0.25, 0.3) is 0 Å². The number of aliphatic imine (C=N–C) groups is 1. The van der Waals surface area contributed by atoms with Crippen LogP contribution in [0, 0.1) is 5.92 Å². The standard InChI is InChI=1S/C24H35N5O.HI/c1-2-5-21(6-3-1)28-24(26-15-10-23-7-4-18-30-23)27-19-20-11-16-29(17-12-20)22-8-13-25-14-9-22;/h4,7-9,13-14,18,20-21H,1-3,5-6,10-12,15-17,19H2,(H2,26,27,28);1H. The van der Waals surface area contributed by atoms with Gasteiger partial charge in [-0.1, -0.05) is 19.3 Å². The van der Waals surface area contributed by atoms with E-state index < -0.39 is 0 Å². The second kappa shape index (κ2) is 12.9. The fourth-order valence-electron chi connectivity index (χ4n) is 4.50. The van der Waals surface area contributed by atoms with Crippen LogP contribution in [-0.2, 0) is 6.42 Å². The Morgan fingerprint density at radius 1 is 1.06 bits per heavy atom. The van der Waals surface area contributed by atoms with Crippen molar-refractivity contribution < 1.29 is 4.42 Å². The highest BCUT2D eigenvalue weighted by molar-refractivity contribution is 14.0. The number of anilines is 1. The molecule has 0 spiro atoms. The molecule has 4 rings (SSSR count). The van der Waals surface area contributed by atoms with E-state index in [1.807, 2.05) is 24.5 Å². The van der Waals surface area contributed by atoms with Gasteiger partial charge in [-0.2, -0.15) is 0 Å². The van der Waals surface area contributed by atoms with Crippen molar-refractivity contribution in [3.63, 3.8) is 0 Å². The third-order valence-electron chi connectivity index (χ3n) is 6.34. The fourth-order valence-corrected chi connectivity index (χ4v) is 4.50. The van der Waals surface area contributed by atoms with Gasteiger partial charge in [-0.3, -0.25) is 9.98 Å². The summed E-state index contributed by atoms with van der Waals surface area (Å²) >= 11 is 0. The predicted molar refractivity (Wildman–Crippen MR) is 137 cm³/mol. The maximum atomic E-state index is 5.46. The first-order chi connectivity index (χ1) is 14.9. The third-order valence-corrected chi connectivity index (χ3v) is 6.34. The largest absolute Gasteiger partial charge is 0.469 e. The number of pyridine rings is 1. The minimum absolute atomic E-state index is 0. The molecule has 2 aromatic rings. The lowest BCUT2D eigenvalue weighted by Gasteiger charge is -2.33. The summed E-state index contributed by atoms with van der Waals surface area (Å²) in [5.74, 6) is 2.64. The molecule has 1 saturated carbocycles. The quantitative estimate of drug-likeness (QED) is 0.307. The summed E-state index contributed by atoms with van der Waals surface area (Å²) in [5, 5.41) is 7.24. The number of hydrogen-bond acceptors (Lipinski definition) is 4. The molecule has 1 saturated heterocycles. The fraction of sp³-hybridized carbons (Fsp3) is 0.583. The van der Waals surface area contributed by atoms with Gasteiger partial charge in [0.15, 0.2) is 5.96 Å². The van der Waals surface area contributed by atoms with Crippen molar-refractivity contribution in [2.45, 2.75) is 57.4 Å². The van der Waals surface area contributed by atoms with Crippen molar-refractivity contribution in [3.8, 4) is 0 Å². The highest BCUT2D eigenvalue weighted by atomic mass is 127. The normalized spacial score (nSPS) is 18.5. The Hall–Kier alpha value is -1.77. The third kappa shape index (κ3) is 7.70. The van der Waals surface area contributed by atoms with Gasteiger partial charge in [-0.25, -0.2) is 0 Å². The van der Waals surface area contributed by atoms with E-state index in [2.05, 4.69) is 32.7 Å². The van der Waals surface area contributed by atoms with E-state index in [-0.39, 0.29) is 24.0 Å². The smallest absolute Gasteiger partial charge is 0.191 e. The maximum Gasteiger partial charge on any atom is 0.191 e. The molecule has 6 nitrogen and oxygen atoms in total. The molecule has 0 amide bonds. The van der Waals surface area contributed by atoms with E-state index in [4.69, 9.17) is 9.41 Å². The molecule has 31 heavy (non-hydrogen) atoms. The predicted octanol–water partition coefficient (Wildman–Crippen LogP) is 4.62. The second-order valence-corrected chi connectivity index (χ2v) is 8.56. The molecule has 7 heteroatoms. The Kier molecular flexibility index (Phi) is 9.96. The zero-order valence-corrected chi connectivity index (χ0v) is 20.7. The summed E-state index contributed by atoms with van der Waals surface area (Å²) in [6.45, 7) is 3.93. The number of halogens is 1. The van der Waals surface area contributed by atoms with Gasteiger partial charge >= 0.3 is 0 Å². The summed E-state index contributed by atoms with van der Waals surface area (Å²) in [6.07, 6.45) is 15.3. The molecular formula is C24H36IN5O. The lowest BCUT2D eigenvalue weighted by Crippen LogP contribution is -2.45. The Bertz CT molecular complexity index is 754. The molecule has 0 unspecified atom stereocenters. The van der Waals surface area contributed by atoms with Crippen LogP contribution in [0.3, 0.4) is 0 Å². The second-order valence-electron chi connectivity index (χ2n) is 8.56. The molecule has 0 radical (unpaired) electrons. The van der Waals surface area contributed by atoms with E-state index in [0.717, 1.165) is 44.3 Å². The first-order valence-electron chi connectivity index (χ1n) is 11.6. The summed E-state index contributed by atoms with van der Waals surface area (Å²) in [5.41, 5.74) is 1.28. The van der Waals surface area contributed by atoms with Crippen molar-refractivity contribution in [2.24, 2.45) is 10.9 Å². The van der Waals surface area contributed by atoms with E-state index in [0.29, 0.717) is 12.0 Å². The van der Waals surface area contributed by atoms with Gasteiger partial charge in [0, 0.05) is 56.7 Å². The number of aromatic nitrogens is 1. The number of nitrogens with one attached hydrogen (secondary N) is 2. The minimum atomic E-state index is 0. The zero-order valence-electron chi connectivity index (χ0n) is 18.3. The number of piperidine rings is 1. The van der Waals surface area contributed by atoms with Crippen LogP contribution in [0.1, 0.15) is 50.7 Å². The topological polar surface area (TPSA) is 65.7 Å². The molecule has 170 valence electrons. The van der Waals surface area contributed by atoms with Gasteiger partial charge in [0.25, 0.3) is 0 Å². The van der Waals surface area contributed by atoms with Crippen LogP contribution in [0.15, 0.2) is 52.3 Å². The van der Waals surface area contributed by atoms with E-state index in [1.165, 1.54) is 50.6 Å². The van der Waals surface area contributed by atoms with E-state index >= 15 is 0 Å². The van der Waals surface area contributed by atoms with Gasteiger partial charge in [0.1, 0.15) is 5.76 Å². The average Bonchev–Trinajstić information content (AvgIpc) is 3.33. The molecule has 1 aliphatic heterocycles. The summed E-state index contributed by atoms with van der Waals surface area (Å²) in [4.78, 5) is 11.6. The Morgan fingerprint density at radius 3 is 2.55 bits per heavy atom. The van der Waals surface area contributed by atoms with Crippen LogP contribution in [-0.4, -0.2) is 43.2 Å². The molecule has 2 N–H and O–H groups in total. The van der Waals surface area contributed by atoms with Crippen LogP contribution < -0.4 is 15.5 Å². The summed E-state index contributed by atoms with van der Waals surface area (Å²) in [7, 11) is 0. The first-order valence-corrected chi connectivity index (χ1v) is 11.6. The highest BCUT2D eigenvalue weighted by Crippen LogP contribution is 2.23. The number of hydrogen-bond donors (Lipinski definition) is 2. The lowest BCUT2D eigenvalue weighted by atomic mass is 9.95. The van der Waals surface area contributed by atoms with Gasteiger partial charge in [-0.15, -0.1) is 24.0 Å². The van der Waals surface area contributed by atoms with Crippen molar-refractivity contribution in [1.29, 1.82) is 0 Å². The van der Waals surface area contributed by atoms with Crippen molar-refractivity contribution in [1.82, 2.24) is 15.6 Å². The van der Waals surface area contributed by atoms with Gasteiger partial charge in [0.2, 0.25) is 0 Å². The van der Waals surface area contributed by atoms with Crippen LogP contribution in [0.4, 0.5) is 5.69 Å². The Balaban J connectivity index is 0.00000272. The Morgan fingerprint density at radius 2 is 1.84 bits per heavy atom. The molecule has 3 heterocycles. The molecule has 0 atom stereocenters. The van der Waals surface area contributed by atoms with Crippen LogP contribution in [0.5, 0.6) is 0 Å². The molecular weight excluding hydrogens is 501 g/mol. The average molecular weight is 537 g/mol. The van der Waals surface area contributed by atoms with E-state index in [1.54, 1.807) is 6.26 Å². The molecule has 2 fully saturated rings. The Labute approximate surface area is 203 Å². The van der Waals surface area contributed by atoms with Crippen LogP contribution in [0.2, 0.25) is 0 Å². The lowest BCUT2D eigenvalue weighted by molar-refractivity contribution is 0.402. The molecule has 2 aromatic heterocycles. The minimum Gasteiger partial charge on any atom is -0.469 e. The van der Waals surface area contributed by atoms with Gasteiger partial charge in [-0.05, 0) is 55.9 Å². The van der Waals surface area contributed by atoms with Gasteiger partial charge in [0.05, 0.1) is 6.26 Å².